The Balaban J connectivity index is 1.05. The van der Waals surface area contributed by atoms with Gasteiger partial charge in [0, 0.05) is 40.7 Å². The molecule has 2 saturated heterocycles. The molecule has 0 spiro atoms. The number of hydrogen-bond acceptors (Lipinski definition) is 6. The van der Waals surface area contributed by atoms with Gasteiger partial charge in [0.15, 0.2) is 0 Å². The molecule has 6 aliphatic rings. The second-order valence-electron chi connectivity index (χ2n) is 27.8. The van der Waals surface area contributed by atoms with E-state index in [-0.39, 0.29) is 63.1 Å². The molecule has 2 N–H and O–H groups in total. The summed E-state index contributed by atoms with van der Waals surface area (Å²) in [5.74, 6) is 4.67. The van der Waals surface area contributed by atoms with E-state index in [0.29, 0.717) is 12.8 Å². The van der Waals surface area contributed by atoms with Gasteiger partial charge >= 0.3 is 0 Å². The molecular weight excluding hydrogens is 925 g/mol. The molecule has 4 fully saturated rings. The second-order valence-corrected chi connectivity index (χ2v) is 27.8. The van der Waals surface area contributed by atoms with Gasteiger partial charge in [-0.05, 0) is 154 Å². The quantitative estimate of drug-likeness (QED) is 0.0889. The van der Waals surface area contributed by atoms with Crippen LogP contribution in [0.5, 0.6) is 11.5 Å². The lowest BCUT2D eigenvalue weighted by Crippen LogP contribution is -2.46. The lowest BCUT2D eigenvalue weighted by molar-refractivity contribution is 0.0501. The predicted molar refractivity (Wildman–Crippen MR) is 314 cm³/mol. The molecule has 0 amide bonds. The van der Waals surface area contributed by atoms with E-state index in [1.54, 1.807) is 0 Å². The number of benzene rings is 1. The van der Waals surface area contributed by atoms with E-state index in [4.69, 9.17) is 18.9 Å². The van der Waals surface area contributed by atoms with Crippen LogP contribution in [-0.2, 0) is 22.3 Å². The van der Waals surface area contributed by atoms with Crippen molar-refractivity contribution in [1.82, 2.24) is 0 Å². The minimum atomic E-state index is -0.385. The average Bonchev–Trinajstić information content (AvgIpc) is 4.16. The van der Waals surface area contributed by atoms with Crippen molar-refractivity contribution in [2.24, 2.45) is 34.5 Å². The molecule has 6 heteroatoms. The lowest BCUT2D eigenvalue weighted by atomic mass is 9.63. The summed E-state index contributed by atoms with van der Waals surface area (Å²) in [5.41, 5.74) is 7.96. The molecule has 4 heterocycles. The van der Waals surface area contributed by atoms with E-state index >= 15 is 0 Å². The van der Waals surface area contributed by atoms with Crippen LogP contribution in [-0.4, -0.2) is 56.5 Å². The highest BCUT2D eigenvalue weighted by Gasteiger charge is 2.75. The number of epoxide rings is 2. The second kappa shape index (κ2) is 23.1. The van der Waals surface area contributed by atoms with Crippen molar-refractivity contribution in [2.75, 3.05) is 0 Å². The van der Waals surface area contributed by atoms with Crippen molar-refractivity contribution < 1.29 is 29.2 Å². The Kier molecular flexibility index (Phi) is 18.3. The summed E-state index contributed by atoms with van der Waals surface area (Å²) in [6.45, 7) is 38.3. The summed E-state index contributed by atoms with van der Waals surface area (Å²) in [6, 6.07) is 0. The van der Waals surface area contributed by atoms with E-state index in [2.05, 4.69) is 191 Å². The number of fused-ring (bicyclic) bond motifs is 5. The van der Waals surface area contributed by atoms with Gasteiger partial charge < -0.3 is 29.2 Å². The molecule has 416 valence electrons. The van der Waals surface area contributed by atoms with Gasteiger partial charge in [-0.15, -0.1) is 0 Å². The topological polar surface area (TPSA) is 84.0 Å². The molecule has 1 aromatic rings. The van der Waals surface area contributed by atoms with E-state index in [9.17, 15) is 10.2 Å². The van der Waals surface area contributed by atoms with Crippen molar-refractivity contribution >= 4 is 0 Å². The van der Waals surface area contributed by atoms with Crippen molar-refractivity contribution in [3.05, 3.63) is 117 Å². The minimum Gasteiger partial charge on any atom is -0.487 e. The standard InChI is InChI=1S/C69H104O6/c1-46(2)24-20-26-48(4)28-21-29-49(5)31-23-36-65(15)37-35-58-59-41-55(40-51(7)34-39-69-64(13,14)43-57(71)45-67(69,17)75-69)60(72-61(59)53(9)54(10)62(58)73-65)52(8)32-19-18-25-47(3)27-22-30-50(6)33-38-68-63(11,12)42-56(70)44-66(68,16)74-68/h18-19,22,25,27,30,32-34,38-40,46,48-49,55-57,60,70-71H,20-21,23-24,26,28-29,31,35-37,41-45H2,1-17H3/b19-18+,27-22+,38-33+,39-34+,47-25+,50-30-,51-40+,52-32+/t48-,49-,55-,56+,57+,60+,65-,66-,67-,68+,69+/m1/s1. The number of rotatable bonds is 22. The van der Waals surface area contributed by atoms with Gasteiger partial charge in [0.05, 0.1) is 12.2 Å². The highest BCUT2D eigenvalue weighted by atomic mass is 16.6. The van der Waals surface area contributed by atoms with Crippen molar-refractivity contribution in [3.63, 3.8) is 0 Å². The van der Waals surface area contributed by atoms with Crippen LogP contribution < -0.4 is 9.47 Å². The van der Waals surface area contributed by atoms with Crippen molar-refractivity contribution in [1.29, 1.82) is 0 Å². The van der Waals surface area contributed by atoms with E-state index in [0.717, 1.165) is 78.9 Å². The van der Waals surface area contributed by atoms with Gasteiger partial charge in [-0.2, -0.15) is 0 Å². The van der Waals surface area contributed by atoms with Crippen LogP contribution in [0.15, 0.2) is 95.2 Å². The van der Waals surface area contributed by atoms with Crippen LogP contribution in [0.4, 0.5) is 0 Å². The number of aliphatic hydroxyl groups is 2. The highest BCUT2D eigenvalue weighted by molar-refractivity contribution is 5.61. The van der Waals surface area contributed by atoms with Gasteiger partial charge in [-0.25, -0.2) is 0 Å². The maximum Gasteiger partial charge on any atom is 0.127 e. The highest BCUT2D eigenvalue weighted by Crippen LogP contribution is 2.67. The smallest absolute Gasteiger partial charge is 0.127 e. The van der Waals surface area contributed by atoms with Crippen molar-refractivity contribution in [3.8, 4) is 11.5 Å². The Labute approximate surface area is 457 Å². The Morgan fingerprint density at radius 3 is 1.68 bits per heavy atom. The normalized spacial score (nSPS) is 34.3. The average molecular weight is 1030 g/mol. The summed E-state index contributed by atoms with van der Waals surface area (Å²) in [4.78, 5) is 0. The Hall–Kier alpha value is -3.42. The zero-order valence-electron chi connectivity index (χ0n) is 50.3. The minimum absolute atomic E-state index is 0.112. The molecule has 4 aliphatic heterocycles. The monoisotopic (exact) mass is 1030 g/mol. The van der Waals surface area contributed by atoms with Gasteiger partial charge in [-0.1, -0.05) is 178 Å². The molecule has 11 atom stereocenters. The predicted octanol–water partition coefficient (Wildman–Crippen LogP) is 17.2. The first-order valence-corrected chi connectivity index (χ1v) is 29.8. The first-order chi connectivity index (χ1) is 35.1. The van der Waals surface area contributed by atoms with Crippen LogP contribution in [0, 0.1) is 48.3 Å². The molecule has 2 saturated carbocycles. The summed E-state index contributed by atoms with van der Waals surface area (Å²) >= 11 is 0. The summed E-state index contributed by atoms with van der Waals surface area (Å²) in [7, 11) is 0. The zero-order chi connectivity index (χ0) is 54.9. The van der Waals surface area contributed by atoms with Crippen LogP contribution in [0.3, 0.4) is 0 Å². The van der Waals surface area contributed by atoms with Crippen LogP contribution in [0.1, 0.15) is 216 Å². The van der Waals surface area contributed by atoms with Crippen LogP contribution in [0.25, 0.3) is 0 Å². The molecular formula is C69H104O6. The molecule has 2 aliphatic carbocycles. The van der Waals surface area contributed by atoms with E-state index in [1.165, 1.54) is 84.8 Å². The first-order valence-electron chi connectivity index (χ1n) is 29.8. The van der Waals surface area contributed by atoms with Gasteiger partial charge in [0.2, 0.25) is 0 Å². The molecule has 0 radical (unpaired) electrons. The number of hydrogen-bond donors (Lipinski definition) is 2. The largest absolute Gasteiger partial charge is 0.487 e. The van der Waals surface area contributed by atoms with Crippen LogP contribution in [0.2, 0.25) is 0 Å². The Morgan fingerprint density at radius 1 is 0.600 bits per heavy atom. The number of ether oxygens (including phenoxy) is 4. The molecule has 1 aromatic carbocycles. The summed E-state index contributed by atoms with van der Waals surface area (Å²) in [6.07, 6.45) is 43.2. The molecule has 75 heavy (non-hydrogen) atoms. The Morgan fingerprint density at radius 2 is 1.11 bits per heavy atom. The van der Waals surface area contributed by atoms with Crippen LogP contribution >= 0.6 is 0 Å². The van der Waals surface area contributed by atoms with Gasteiger partial charge in [0.25, 0.3) is 0 Å². The Bertz CT molecular complexity index is 2450. The maximum absolute atomic E-state index is 10.7. The number of aliphatic hydroxyl groups excluding tert-OH is 2. The third-order valence-corrected chi connectivity index (χ3v) is 19.4. The van der Waals surface area contributed by atoms with Gasteiger partial charge in [0.1, 0.15) is 45.6 Å². The fraction of sp³-hybridized carbons (Fsp3) is 0.681. The van der Waals surface area contributed by atoms with E-state index in [1.807, 2.05) is 0 Å². The molecule has 0 bridgehead atoms. The molecule has 7 rings (SSSR count). The fourth-order valence-electron chi connectivity index (χ4n) is 14.7. The lowest BCUT2D eigenvalue weighted by Gasteiger charge is -2.41. The molecule has 0 aromatic heterocycles. The summed E-state index contributed by atoms with van der Waals surface area (Å²) < 4.78 is 27.4. The third kappa shape index (κ3) is 13.0. The van der Waals surface area contributed by atoms with Gasteiger partial charge in [-0.3, -0.25) is 0 Å². The zero-order valence-corrected chi connectivity index (χ0v) is 50.3. The molecule has 6 nitrogen and oxygen atoms in total. The first kappa shape index (κ1) is 59.2. The molecule has 0 unspecified atom stereocenters. The SMILES string of the molecule is CC(=C/C=C/C(C)=C/C=C/C=C(\C)[C@@H]1Oc2c(C)c(C)c3c(c2C[C@H]1/C=C(C)/C=C/[C@@]12O[C@]1(C)C[C@@H](O)CC2(C)C)CC[C@@](C)(CCC[C@H](C)CCC[C@H](C)CCCC(C)C)O3)/C=C/[C@@]12O[C@]1(C)C[C@@H](O)CC2(C)C. The fourth-order valence-corrected chi connectivity index (χ4v) is 14.7. The third-order valence-electron chi connectivity index (χ3n) is 19.4. The number of allylic oxidation sites excluding steroid dienone is 12. The maximum atomic E-state index is 10.7. The summed E-state index contributed by atoms with van der Waals surface area (Å²) in [5, 5.41) is 21.2. The van der Waals surface area contributed by atoms with Crippen molar-refractivity contribution in [2.45, 2.75) is 267 Å². The van der Waals surface area contributed by atoms with E-state index < -0.39 is 0 Å².